The van der Waals surface area contributed by atoms with E-state index in [0.29, 0.717) is 19.8 Å². The highest BCUT2D eigenvalue weighted by Crippen LogP contribution is 2.33. The number of β-amino-alcohol motifs (C(OH)–C–C–N with tert-alkyl or cyclic N) is 1. The smallest absolute Gasteiger partial charge is 0.386 e. The Morgan fingerprint density at radius 3 is 2.29 bits per heavy atom. The Balaban J connectivity index is 2.64. The summed E-state index contributed by atoms with van der Waals surface area (Å²) in [5.74, 6) is -1.19. The van der Waals surface area contributed by atoms with Crippen LogP contribution >= 0.6 is 0 Å². The topological polar surface area (TPSA) is 66.6 Å². The number of amides is 1. The van der Waals surface area contributed by atoms with E-state index in [9.17, 15) is 23.1 Å². The van der Waals surface area contributed by atoms with Crippen molar-refractivity contribution in [3.8, 4) is 0 Å². The summed E-state index contributed by atoms with van der Waals surface area (Å²) in [6.07, 6.45) is -3.62. The van der Waals surface area contributed by atoms with E-state index < -0.39 is 23.2 Å². The van der Waals surface area contributed by atoms with E-state index in [4.69, 9.17) is 5.73 Å². The van der Waals surface area contributed by atoms with Gasteiger partial charge in [0.25, 0.3) is 5.91 Å². The zero-order chi connectivity index (χ0) is 13.5. The number of alkyl halides is 3. The number of carbonyl (C=O) groups excluding carboxylic acids is 1. The number of hydrogen-bond donors (Lipinski definition) is 2. The van der Waals surface area contributed by atoms with Gasteiger partial charge in [-0.2, -0.15) is 13.2 Å². The van der Waals surface area contributed by atoms with Crippen LogP contribution in [0.4, 0.5) is 13.2 Å². The van der Waals surface area contributed by atoms with Gasteiger partial charge in [-0.25, -0.2) is 0 Å². The predicted molar refractivity (Wildman–Crippen MR) is 55.1 cm³/mol. The van der Waals surface area contributed by atoms with Crippen molar-refractivity contribution in [2.45, 2.75) is 44.0 Å². The number of carbonyl (C=O) groups is 1. The monoisotopic (exact) mass is 254 g/mol. The highest BCUT2D eigenvalue weighted by Gasteiger charge is 2.58. The van der Waals surface area contributed by atoms with E-state index in [1.807, 2.05) is 6.92 Å². The first-order valence-electron chi connectivity index (χ1n) is 5.41. The van der Waals surface area contributed by atoms with Crippen LogP contribution in [0.1, 0.15) is 26.7 Å². The fourth-order valence-corrected chi connectivity index (χ4v) is 1.88. The average Bonchev–Trinajstić information content (AvgIpc) is 2.11. The molecule has 0 spiro atoms. The molecule has 4 nitrogen and oxygen atoms in total. The number of hydrogen-bond acceptors (Lipinski definition) is 3. The van der Waals surface area contributed by atoms with Crippen molar-refractivity contribution in [1.29, 1.82) is 0 Å². The molecule has 0 aromatic heterocycles. The largest absolute Gasteiger partial charge is 0.415 e. The lowest BCUT2D eigenvalue weighted by Gasteiger charge is -2.48. The van der Waals surface area contributed by atoms with Crippen molar-refractivity contribution in [3.63, 3.8) is 0 Å². The standard InChI is InChI=1S/C10H17F3N2O2/c1-3-4-9(17)5-15(6-9)7(16)8(2,14)10(11,12)13/h17H,3-6,14H2,1-2H3. The third-order valence-electron chi connectivity index (χ3n) is 3.01. The molecule has 1 aliphatic rings. The van der Waals surface area contributed by atoms with Gasteiger partial charge < -0.3 is 15.7 Å². The van der Waals surface area contributed by atoms with Gasteiger partial charge in [-0.3, -0.25) is 4.79 Å². The number of rotatable bonds is 3. The Labute approximate surface area is 97.6 Å². The lowest BCUT2D eigenvalue weighted by molar-refractivity contribution is -0.204. The first kappa shape index (κ1) is 14.2. The van der Waals surface area contributed by atoms with Crippen LogP contribution in [0.2, 0.25) is 0 Å². The van der Waals surface area contributed by atoms with Gasteiger partial charge >= 0.3 is 6.18 Å². The molecule has 0 saturated carbocycles. The minimum atomic E-state index is -4.79. The van der Waals surface area contributed by atoms with Gasteiger partial charge in [0.2, 0.25) is 0 Å². The molecule has 0 aliphatic carbocycles. The minimum absolute atomic E-state index is 0.0808. The molecule has 0 aromatic rings. The van der Waals surface area contributed by atoms with Crippen LogP contribution in [0.15, 0.2) is 0 Å². The lowest BCUT2D eigenvalue weighted by atomic mass is 9.87. The molecular formula is C10H17F3N2O2. The van der Waals surface area contributed by atoms with E-state index in [0.717, 1.165) is 4.90 Å². The highest BCUT2D eigenvalue weighted by molar-refractivity contribution is 5.87. The van der Waals surface area contributed by atoms with Gasteiger partial charge in [0.15, 0.2) is 5.54 Å². The molecule has 1 heterocycles. The Kier molecular flexibility index (Phi) is 3.46. The van der Waals surface area contributed by atoms with Gasteiger partial charge in [0, 0.05) is 0 Å². The first-order chi connectivity index (χ1) is 7.53. The first-order valence-corrected chi connectivity index (χ1v) is 5.41. The zero-order valence-corrected chi connectivity index (χ0v) is 9.84. The molecule has 1 aliphatic heterocycles. The Hall–Kier alpha value is -0.820. The van der Waals surface area contributed by atoms with Crippen LogP contribution in [0.5, 0.6) is 0 Å². The van der Waals surface area contributed by atoms with Crippen molar-refractivity contribution in [2.24, 2.45) is 5.73 Å². The van der Waals surface area contributed by atoms with Crippen LogP contribution in [0, 0.1) is 0 Å². The van der Waals surface area contributed by atoms with Crippen molar-refractivity contribution in [1.82, 2.24) is 4.90 Å². The third kappa shape index (κ3) is 2.55. The summed E-state index contributed by atoms with van der Waals surface area (Å²) in [7, 11) is 0. The van der Waals surface area contributed by atoms with Gasteiger partial charge in [-0.1, -0.05) is 13.3 Å². The summed E-state index contributed by atoms with van der Waals surface area (Å²) >= 11 is 0. The molecular weight excluding hydrogens is 237 g/mol. The number of halogens is 3. The number of nitrogens with zero attached hydrogens (tertiary/aromatic N) is 1. The summed E-state index contributed by atoms with van der Waals surface area (Å²) in [4.78, 5) is 12.5. The summed E-state index contributed by atoms with van der Waals surface area (Å²) in [6, 6.07) is 0. The summed E-state index contributed by atoms with van der Waals surface area (Å²) < 4.78 is 37.5. The van der Waals surface area contributed by atoms with E-state index in [-0.39, 0.29) is 13.1 Å². The number of nitrogens with two attached hydrogens (primary N) is 1. The predicted octanol–water partition coefficient (Wildman–Crippen LogP) is 0.639. The van der Waals surface area contributed by atoms with E-state index in [1.54, 1.807) is 0 Å². The summed E-state index contributed by atoms with van der Waals surface area (Å²) in [5.41, 5.74) is 1.07. The Bertz CT molecular complexity index is 309. The van der Waals surface area contributed by atoms with Crippen molar-refractivity contribution < 1.29 is 23.1 Å². The summed E-state index contributed by atoms with van der Waals surface area (Å²) in [5, 5.41) is 9.78. The molecule has 100 valence electrons. The SMILES string of the molecule is CCCC1(O)CN(C(=O)C(C)(N)C(F)(F)F)C1. The van der Waals surface area contributed by atoms with Gasteiger partial charge in [0.05, 0.1) is 18.7 Å². The number of likely N-dealkylation sites (tertiary alicyclic amines) is 1. The summed E-state index contributed by atoms with van der Waals surface area (Å²) in [6.45, 7) is 2.34. The second kappa shape index (κ2) is 4.13. The van der Waals surface area contributed by atoms with Crippen molar-refractivity contribution in [2.75, 3.05) is 13.1 Å². The maximum absolute atomic E-state index is 12.5. The molecule has 1 fully saturated rings. The van der Waals surface area contributed by atoms with Crippen molar-refractivity contribution >= 4 is 5.91 Å². The zero-order valence-electron chi connectivity index (χ0n) is 9.84. The fourth-order valence-electron chi connectivity index (χ4n) is 1.88. The molecule has 1 rings (SSSR count). The fraction of sp³-hybridized carbons (Fsp3) is 0.900. The molecule has 1 saturated heterocycles. The van der Waals surface area contributed by atoms with E-state index in [2.05, 4.69) is 0 Å². The van der Waals surface area contributed by atoms with Gasteiger partial charge in [0.1, 0.15) is 0 Å². The van der Waals surface area contributed by atoms with Crippen LogP contribution in [0.25, 0.3) is 0 Å². The molecule has 1 unspecified atom stereocenters. The molecule has 1 amide bonds. The molecule has 3 N–H and O–H groups in total. The molecule has 0 aromatic carbocycles. The van der Waals surface area contributed by atoms with Crippen LogP contribution in [-0.4, -0.2) is 46.3 Å². The molecule has 17 heavy (non-hydrogen) atoms. The maximum Gasteiger partial charge on any atom is 0.415 e. The second-order valence-corrected chi connectivity index (χ2v) is 4.84. The normalized spacial score (nSPS) is 22.9. The Morgan fingerprint density at radius 2 is 1.94 bits per heavy atom. The average molecular weight is 254 g/mol. The molecule has 0 radical (unpaired) electrons. The maximum atomic E-state index is 12.5. The van der Waals surface area contributed by atoms with Gasteiger partial charge in [-0.15, -0.1) is 0 Å². The van der Waals surface area contributed by atoms with E-state index >= 15 is 0 Å². The third-order valence-corrected chi connectivity index (χ3v) is 3.01. The second-order valence-electron chi connectivity index (χ2n) is 4.84. The Morgan fingerprint density at radius 1 is 1.47 bits per heavy atom. The molecule has 1 atom stereocenters. The number of aliphatic hydroxyl groups is 1. The molecule has 0 bridgehead atoms. The highest BCUT2D eigenvalue weighted by atomic mass is 19.4. The van der Waals surface area contributed by atoms with Crippen molar-refractivity contribution in [3.05, 3.63) is 0 Å². The molecule has 7 heteroatoms. The lowest BCUT2D eigenvalue weighted by Crippen LogP contribution is -2.71. The quantitative estimate of drug-likeness (QED) is 0.776. The van der Waals surface area contributed by atoms with Crippen LogP contribution in [-0.2, 0) is 4.79 Å². The minimum Gasteiger partial charge on any atom is -0.386 e. The van der Waals surface area contributed by atoms with E-state index in [1.165, 1.54) is 0 Å². The van der Waals surface area contributed by atoms with Gasteiger partial charge in [-0.05, 0) is 13.3 Å². The van der Waals surface area contributed by atoms with Crippen LogP contribution in [0.3, 0.4) is 0 Å². The van der Waals surface area contributed by atoms with Crippen LogP contribution < -0.4 is 5.73 Å².